The second-order valence-corrected chi connectivity index (χ2v) is 6.18. The molecule has 2 rings (SSSR count). The second-order valence-electron chi connectivity index (χ2n) is 5.30. The molecule has 20 heavy (non-hydrogen) atoms. The fourth-order valence-corrected chi connectivity index (χ4v) is 2.99. The van der Waals surface area contributed by atoms with Crippen LogP contribution in [0.3, 0.4) is 0 Å². The molecule has 1 aliphatic carbocycles. The van der Waals surface area contributed by atoms with Crippen molar-refractivity contribution in [2.45, 2.75) is 42.7 Å². The van der Waals surface area contributed by atoms with Crippen LogP contribution >= 0.6 is 11.8 Å². The Balaban J connectivity index is 1.82. The van der Waals surface area contributed by atoms with E-state index in [-0.39, 0.29) is 12.6 Å². The number of hydrogen-bond donors (Lipinski definition) is 3. The van der Waals surface area contributed by atoms with Crippen molar-refractivity contribution in [3.63, 3.8) is 0 Å². The van der Waals surface area contributed by atoms with E-state index < -0.39 is 5.54 Å². The number of rotatable bonds is 5. The smallest absolute Gasteiger partial charge is 0.315 e. The normalized spacial score (nSPS) is 16.9. The van der Waals surface area contributed by atoms with E-state index in [4.69, 9.17) is 0 Å². The van der Waals surface area contributed by atoms with E-state index in [0.29, 0.717) is 6.54 Å². The summed E-state index contributed by atoms with van der Waals surface area (Å²) in [5, 5.41) is 15.2. The lowest BCUT2D eigenvalue weighted by atomic mass is 9.99. The highest BCUT2D eigenvalue weighted by molar-refractivity contribution is 7.98. The third kappa shape index (κ3) is 3.90. The minimum atomic E-state index is -0.410. The molecule has 3 N–H and O–H groups in total. The zero-order valence-electron chi connectivity index (χ0n) is 11.8. The average molecular weight is 294 g/mol. The Morgan fingerprint density at radius 2 is 1.95 bits per heavy atom. The number of benzene rings is 1. The summed E-state index contributed by atoms with van der Waals surface area (Å²) in [6.45, 7) is 0.519. The zero-order valence-corrected chi connectivity index (χ0v) is 12.6. The quantitative estimate of drug-likeness (QED) is 0.731. The van der Waals surface area contributed by atoms with Gasteiger partial charge >= 0.3 is 6.03 Å². The number of carbonyl (C=O) groups excluding carboxylic acids is 1. The van der Waals surface area contributed by atoms with E-state index in [2.05, 4.69) is 10.6 Å². The first-order valence-electron chi connectivity index (χ1n) is 6.97. The Kier molecular flexibility index (Phi) is 5.31. The van der Waals surface area contributed by atoms with Crippen LogP contribution in [0, 0.1) is 0 Å². The lowest BCUT2D eigenvalue weighted by Gasteiger charge is -2.28. The molecule has 0 heterocycles. The number of aliphatic hydroxyl groups is 1. The molecule has 0 atom stereocenters. The second kappa shape index (κ2) is 6.99. The SMILES string of the molecule is CSc1ccc(CNC(=O)NC2(CO)CCCC2)cc1. The highest BCUT2D eigenvalue weighted by Gasteiger charge is 2.34. The van der Waals surface area contributed by atoms with Gasteiger partial charge in [0.1, 0.15) is 0 Å². The van der Waals surface area contributed by atoms with Gasteiger partial charge in [0.05, 0.1) is 12.1 Å². The molecule has 1 aromatic rings. The molecule has 1 aromatic carbocycles. The maximum Gasteiger partial charge on any atom is 0.315 e. The van der Waals surface area contributed by atoms with Gasteiger partial charge in [0, 0.05) is 11.4 Å². The molecule has 5 heteroatoms. The lowest BCUT2D eigenvalue weighted by molar-refractivity contribution is 0.163. The zero-order chi connectivity index (χ0) is 14.4. The summed E-state index contributed by atoms with van der Waals surface area (Å²) in [6.07, 6.45) is 5.89. The first-order chi connectivity index (χ1) is 9.67. The van der Waals surface area contributed by atoms with Gasteiger partial charge in [-0.2, -0.15) is 0 Å². The maximum absolute atomic E-state index is 11.9. The van der Waals surface area contributed by atoms with Gasteiger partial charge in [-0.3, -0.25) is 0 Å². The number of carbonyl (C=O) groups is 1. The predicted molar refractivity (Wildman–Crippen MR) is 81.9 cm³/mol. The molecule has 0 spiro atoms. The molecule has 0 saturated heterocycles. The Morgan fingerprint density at radius 1 is 1.30 bits per heavy atom. The average Bonchev–Trinajstić information content (AvgIpc) is 2.95. The molecule has 1 aliphatic rings. The number of hydrogen-bond acceptors (Lipinski definition) is 3. The fourth-order valence-electron chi connectivity index (χ4n) is 2.59. The van der Waals surface area contributed by atoms with E-state index in [0.717, 1.165) is 31.2 Å². The summed E-state index contributed by atoms with van der Waals surface area (Å²) in [6, 6.07) is 7.93. The van der Waals surface area contributed by atoms with Gasteiger partial charge in [0.2, 0.25) is 0 Å². The molecule has 0 aliphatic heterocycles. The Hall–Kier alpha value is -1.20. The van der Waals surface area contributed by atoms with Crippen LogP contribution in [0.4, 0.5) is 4.79 Å². The maximum atomic E-state index is 11.9. The molecule has 0 radical (unpaired) electrons. The van der Waals surface area contributed by atoms with E-state index in [1.807, 2.05) is 30.5 Å². The highest BCUT2D eigenvalue weighted by atomic mass is 32.2. The van der Waals surface area contributed by atoms with E-state index in [1.54, 1.807) is 11.8 Å². The van der Waals surface area contributed by atoms with Crippen molar-refractivity contribution in [2.24, 2.45) is 0 Å². The summed E-state index contributed by atoms with van der Waals surface area (Å²) >= 11 is 1.70. The van der Waals surface area contributed by atoms with Crippen LogP contribution in [-0.2, 0) is 6.54 Å². The number of amides is 2. The number of nitrogens with one attached hydrogen (secondary N) is 2. The molecular formula is C15H22N2O2S. The summed E-state index contributed by atoms with van der Waals surface area (Å²) in [7, 11) is 0. The highest BCUT2D eigenvalue weighted by Crippen LogP contribution is 2.28. The van der Waals surface area contributed by atoms with Crippen molar-refractivity contribution in [3.8, 4) is 0 Å². The molecule has 0 unspecified atom stereocenters. The van der Waals surface area contributed by atoms with Crippen LogP contribution < -0.4 is 10.6 Å². The monoisotopic (exact) mass is 294 g/mol. The van der Waals surface area contributed by atoms with Crippen molar-refractivity contribution in [3.05, 3.63) is 29.8 Å². The van der Waals surface area contributed by atoms with Crippen LogP contribution in [0.25, 0.3) is 0 Å². The van der Waals surface area contributed by atoms with Gasteiger partial charge in [-0.1, -0.05) is 25.0 Å². The molecule has 1 fully saturated rings. The summed E-state index contributed by atoms with van der Waals surface area (Å²) in [4.78, 5) is 13.1. The Morgan fingerprint density at radius 3 is 2.50 bits per heavy atom. The van der Waals surface area contributed by atoms with Crippen LogP contribution in [0.2, 0.25) is 0 Å². The van der Waals surface area contributed by atoms with Gasteiger partial charge < -0.3 is 15.7 Å². The van der Waals surface area contributed by atoms with Gasteiger partial charge in [-0.15, -0.1) is 11.8 Å². The van der Waals surface area contributed by atoms with E-state index in [1.165, 1.54) is 4.90 Å². The first-order valence-corrected chi connectivity index (χ1v) is 8.20. The fraction of sp³-hybridized carbons (Fsp3) is 0.533. The van der Waals surface area contributed by atoms with Crippen molar-refractivity contribution >= 4 is 17.8 Å². The van der Waals surface area contributed by atoms with Crippen LogP contribution in [-0.4, -0.2) is 29.5 Å². The van der Waals surface area contributed by atoms with Crippen molar-refractivity contribution in [2.75, 3.05) is 12.9 Å². The standard InChI is InChI=1S/C15H22N2O2S/c1-20-13-6-4-12(5-7-13)10-16-14(19)17-15(11-18)8-2-3-9-15/h4-7,18H,2-3,8-11H2,1H3,(H2,16,17,19). The van der Waals surface area contributed by atoms with Crippen LogP contribution in [0.5, 0.6) is 0 Å². The van der Waals surface area contributed by atoms with Gasteiger partial charge in [-0.05, 0) is 36.8 Å². The third-order valence-corrected chi connectivity index (χ3v) is 4.60. The first kappa shape index (κ1) is 15.2. The summed E-state index contributed by atoms with van der Waals surface area (Å²) in [5.41, 5.74) is 0.662. The van der Waals surface area contributed by atoms with Crippen LogP contribution in [0.1, 0.15) is 31.2 Å². The molecular weight excluding hydrogens is 272 g/mol. The van der Waals surface area contributed by atoms with Gasteiger partial charge in [-0.25, -0.2) is 4.79 Å². The van der Waals surface area contributed by atoms with Crippen LogP contribution in [0.15, 0.2) is 29.2 Å². The number of thioether (sulfide) groups is 1. The topological polar surface area (TPSA) is 61.4 Å². The third-order valence-electron chi connectivity index (χ3n) is 3.85. The summed E-state index contributed by atoms with van der Waals surface area (Å²) in [5.74, 6) is 0. The Labute approximate surface area is 124 Å². The van der Waals surface area contributed by atoms with E-state index in [9.17, 15) is 9.90 Å². The largest absolute Gasteiger partial charge is 0.394 e. The van der Waals surface area contributed by atoms with Crippen molar-refractivity contribution < 1.29 is 9.90 Å². The molecule has 1 saturated carbocycles. The summed E-state index contributed by atoms with van der Waals surface area (Å²) < 4.78 is 0. The lowest BCUT2D eigenvalue weighted by Crippen LogP contribution is -2.52. The molecule has 110 valence electrons. The van der Waals surface area contributed by atoms with Crippen molar-refractivity contribution in [1.29, 1.82) is 0 Å². The molecule has 0 aromatic heterocycles. The molecule has 0 bridgehead atoms. The van der Waals surface area contributed by atoms with Gasteiger partial charge in [0.25, 0.3) is 0 Å². The molecule has 2 amide bonds. The number of aliphatic hydroxyl groups excluding tert-OH is 1. The molecule has 4 nitrogen and oxygen atoms in total. The Bertz CT molecular complexity index is 442. The van der Waals surface area contributed by atoms with Gasteiger partial charge in [0.15, 0.2) is 0 Å². The van der Waals surface area contributed by atoms with E-state index >= 15 is 0 Å². The minimum Gasteiger partial charge on any atom is -0.394 e. The predicted octanol–water partition coefficient (Wildman–Crippen LogP) is 2.51. The van der Waals surface area contributed by atoms with Crippen molar-refractivity contribution in [1.82, 2.24) is 10.6 Å². The number of urea groups is 1. The minimum absolute atomic E-state index is 0.0167.